The summed E-state index contributed by atoms with van der Waals surface area (Å²) in [5, 5.41) is 9.97. The third-order valence-corrected chi connectivity index (χ3v) is 5.77. The highest BCUT2D eigenvalue weighted by Crippen LogP contribution is 2.33. The minimum absolute atomic E-state index is 0.188. The average molecular weight is 483 g/mol. The minimum atomic E-state index is -1.63. The lowest BCUT2D eigenvalue weighted by molar-refractivity contribution is -0.166. The first-order valence-corrected chi connectivity index (χ1v) is 11.4. The van der Waals surface area contributed by atoms with Gasteiger partial charge in [-0.2, -0.15) is 0 Å². The Bertz CT molecular complexity index is 821. The summed E-state index contributed by atoms with van der Waals surface area (Å²) in [4.78, 5) is 49.0. The first-order valence-electron chi connectivity index (χ1n) is 11.4. The molecule has 190 valence electrons. The van der Waals surface area contributed by atoms with Crippen LogP contribution in [0.1, 0.15) is 53.4 Å². The van der Waals surface area contributed by atoms with Crippen LogP contribution in [0, 0.1) is 5.92 Å². The Morgan fingerprint density at radius 1 is 1.26 bits per heavy atom. The SMILES string of the molecule is CCC(CC)OC(=O)[C@@H](O)CC(=O)OC[C@H]1O[C@@H](N2C=CCC(C(N)=O)=C2)C(OC(C)=O)[C@@H]1C. The fourth-order valence-electron chi connectivity index (χ4n) is 3.71. The zero-order chi connectivity index (χ0) is 25.4. The number of hydrogen-bond donors (Lipinski definition) is 2. The molecule has 0 spiro atoms. The zero-order valence-corrected chi connectivity index (χ0v) is 20.0. The van der Waals surface area contributed by atoms with Gasteiger partial charge in [-0.1, -0.05) is 26.8 Å². The van der Waals surface area contributed by atoms with E-state index < -0.39 is 54.8 Å². The quantitative estimate of drug-likeness (QED) is 0.320. The van der Waals surface area contributed by atoms with Gasteiger partial charge in [-0.05, 0) is 19.3 Å². The van der Waals surface area contributed by atoms with Gasteiger partial charge in [-0.15, -0.1) is 0 Å². The first kappa shape index (κ1) is 27.3. The van der Waals surface area contributed by atoms with Crippen LogP contribution < -0.4 is 5.73 Å². The van der Waals surface area contributed by atoms with E-state index >= 15 is 0 Å². The normalized spacial score (nSPS) is 25.0. The molecular weight excluding hydrogens is 448 g/mol. The minimum Gasteiger partial charge on any atom is -0.463 e. The first-order chi connectivity index (χ1) is 16.1. The number of nitrogens with two attached hydrogens (primary N) is 1. The van der Waals surface area contributed by atoms with Gasteiger partial charge in [0.1, 0.15) is 18.8 Å². The molecule has 1 saturated heterocycles. The maximum Gasteiger partial charge on any atom is 0.335 e. The molecule has 0 aliphatic carbocycles. The average Bonchev–Trinajstić information content (AvgIpc) is 3.10. The van der Waals surface area contributed by atoms with Crippen molar-refractivity contribution in [1.82, 2.24) is 4.90 Å². The highest BCUT2D eigenvalue weighted by atomic mass is 16.6. The fraction of sp³-hybridized carbons (Fsp3) is 0.652. The Morgan fingerprint density at radius 2 is 1.94 bits per heavy atom. The van der Waals surface area contributed by atoms with Crippen molar-refractivity contribution in [2.24, 2.45) is 11.7 Å². The number of hydrogen-bond acceptors (Lipinski definition) is 10. The predicted octanol–water partition coefficient (Wildman–Crippen LogP) is 0.894. The van der Waals surface area contributed by atoms with Gasteiger partial charge in [-0.25, -0.2) is 4.79 Å². The van der Waals surface area contributed by atoms with Crippen molar-refractivity contribution >= 4 is 23.8 Å². The number of rotatable bonds is 11. The second-order valence-corrected chi connectivity index (χ2v) is 8.33. The molecule has 2 aliphatic rings. The number of carbonyl (C=O) groups is 4. The molecular formula is C23H34N2O9. The van der Waals surface area contributed by atoms with E-state index in [1.807, 2.05) is 13.8 Å². The van der Waals surface area contributed by atoms with Gasteiger partial charge in [-0.3, -0.25) is 14.4 Å². The maximum absolute atomic E-state index is 12.2. The highest BCUT2D eigenvalue weighted by Gasteiger charge is 2.47. The molecule has 11 nitrogen and oxygen atoms in total. The van der Waals surface area contributed by atoms with Gasteiger partial charge < -0.3 is 34.7 Å². The Labute approximate surface area is 198 Å². The van der Waals surface area contributed by atoms with Crippen molar-refractivity contribution in [2.45, 2.75) is 84.0 Å². The number of aliphatic hydroxyl groups excluding tert-OH is 1. The van der Waals surface area contributed by atoms with Crippen LogP contribution in [0.2, 0.25) is 0 Å². The van der Waals surface area contributed by atoms with Crippen LogP contribution in [-0.2, 0) is 38.1 Å². The lowest BCUT2D eigenvalue weighted by Gasteiger charge is -2.30. The molecule has 3 N–H and O–H groups in total. The Balaban J connectivity index is 1.99. The number of nitrogens with zero attached hydrogens (tertiary/aromatic N) is 1. The van der Waals surface area contributed by atoms with E-state index in [1.165, 1.54) is 13.1 Å². The molecule has 0 aromatic carbocycles. The summed E-state index contributed by atoms with van der Waals surface area (Å²) in [6.07, 6.45) is 1.88. The van der Waals surface area contributed by atoms with Crippen LogP contribution in [0.15, 0.2) is 24.0 Å². The third kappa shape index (κ3) is 7.29. The maximum atomic E-state index is 12.2. The van der Waals surface area contributed by atoms with Gasteiger partial charge in [0.2, 0.25) is 5.91 Å². The summed E-state index contributed by atoms with van der Waals surface area (Å²) in [5.74, 6) is -3.13. The highest BCUT2D eigenvalue weighted by molar-refractivity contribution is 5.92. The fourth-order valence-corrected chi connectivity index (χ4v) is 3.71. The van der Waals surface area contributed by atoms with Crippen molar-refractivity contribution in [3.8, 4) is 0 Å². The van der Waals surface area contributed by atoms with Crippen LogP contribution in [0.5, 0.6) is 0 Å². The van der Waals surface area contributed by atoms with E-state index in [1.54, 1.807) is 24.1 Å². The molecule has 2 rings (SSSR count). The molecule has 11 heteroatoms. The molecule has 34 heavy (non-hydrogen) atoms. The van der Waals surface area contributed by atoms with E-state index in [9.17, 15) is 24.3 Å². The van der Waals surface area contributed by atoms with Crippen molar-refractivity contribution < 1.29 is 43.2 Å². The van der Waals surface area contributed by atoms with Crippen LogP contribution in [-0.4, -0.2) is 71.1 Å². The number of ether oxygens (including phenoxy) is 4. The predicted molar refractivity (Wildman–Crippen MR) is 118 cm³/mol. The number of carbonyl (C=O) groups excluding carboxylic acids is 4. The second kappa shape index (κ2) is 12.5. The standard InChI is InChI=1S/C23H34N2O9/c1-5-16(6-2)33-23(30)17(27)10-19(28)31-12-18-13(3)20(32-14(4)26)22(34-18)25-9-7-8-15(11-25)21(24)29/h7,9,11,13,16-18,20,22,27H,5-6,8,10,12H2,1-4H3,(H2,24,29)/t13-,17+,18-,20?,22-/m1/s1. The molecule has 1 unspecified atom stereocenters. The van der Waals surface area contributed by atoms with Crippen LogP contribution in [0.25, 0.3) is 0 Å². The molecule has 2 aliphatic heterocycles. The van der Waals surface area contributed by atoms with E-state index in [-0.39, 0.29) is 18.6 Å². The molecule has 0 aromatic rings. The summed E-state index contributed by atoms with van der Waals surface area (Å²) in [7, 11) is 0. The summed E-state index contributed by atoms with van der Waals surface area (Å²) in [6.45, 7) is 6.57. The van der Waals surface area contributed by atoms with Crippen molar-refractivity contribution in [3.63, 3.8) is 0 Å². The Hall–Kier alpha value is -2.92. The lowest BCUT2D eigenvalue weighted by Crippen LogP contribution is -2.40. The van der Waals surface area contributed by atoms with E-state index in [0.29, 0.717) is 24.8 Å². The molecule has 1 amide bonds. The second-order valence-electron chi connectivity index (χ2n) is 8.33. The lowest BCUT2D eigenvalue weighted by atomic mass is 10.00. The van der Waals surface area contributed by atoms with Crippen molar-refractivity contribution in [1.29, 1.82) is 0 Å². The number of allylic oxidation sites excluding steroid dienone is 1. The topological polar surface area (TPSA) is 155 Å². The van der Waals surface area contributed by atoms with Gasteiger partial charge in [0, 0.05) is 30.8 Å². The van der Waals surface area contributed by atoms with Crippen LogP contribution in [0.4, 0.5) is 0 Å². The molecule has 0 bridgehead atoms. The summed E-state index contributed by atoms with van der Waals surface area (Å²) in [6, 6.07) is 0. The zero-order valence-electron chi connectivity index (χ0n) is 20.0. The number of amides is 1. The molecule has 0 aromatic heterocycles. The van der Waals surface area contributed by atoms with E-state index in [0.717, 1.165) is 0 Å². The Kier molecular flexibility index (Phi) is 10.1. The van der Waals surface area contributed by atoms with Gasteiger partial charge in [0.15, 0.2) is 18.4 Å². The van der Waals surface area contributed by atoms with Gasteiger partial charge >= 0.3 is 17.9 Å². The van der Waals surface area contributed by atoms with Crippen molar-refractivity contribution in [3.05, 3.63) is 24.0 Å². The Morgan fingerprint density at radius 3 is 2.53 bits per heavy atom. The molecule has 1 fully saturated rings. The molecule has 2 heterocycles. The largest absolute Gasteiger partial charge is 0.463 e. The molecule has 0 radical (unpaired) electrons. The summed E-state index contributed by atoms with van der Waals surface area (Å²) >= 11 is 0. The number of esters is 3. The molecule has 0 saturated carbocycles. The van der Waals surface area contributed by atoms with E-state index in [4.69, 9.17) is 24.7 Å². The van der Waals surface area contributed by atoms with Gasteiger partial charge in [0.05, 0.1) is 6.42 Å². The van der Waals surface area contributed by atoms with Gasteiger partial charge in [0.25, 0.3) is 0 Å². The van der Waals surface area contributed by atoms with Crippen LogP contribution in [0.3, 0.4) is 0 Å². The van der Waals surface area contributed by atoms with Crippen molar-refractivity contribution in [2.75, 3.05) is 6.61 Å². The van der Waals surface area contributed by atoms with E-state index in [2.05, 4.69) is 0 Å². The smallest absolute Gasteiger partial charge is 0.335 e. The molecule has 5 atom stereocenters. The summed E-state index contributed by atoms with van der Waals surface area (Å²) in [5.41, 5.74) is 5.74. The monoisotopic (exact) mass is 482 g/mol. The van der Waals surface area contributed by atoms with Crippen LogP contribution >= 0.6 is 0 Å². The third-order valence-electron chi connectivity index (χ3n) is 5.77. The number of aliphatic hydroxyl groups is 1. The summed E-state index contributed by atoms with van der Waals surface area (Å²) < 4.78 is 21.8. The number of primary amides is 1.